The minimum Gasteiger partial charge on any atom is -0.504 e. The van der Waals surface area contributed by atoms with E-state index in [2.05, 4.69) is 0 Å². The lowest BCUT2D eigenvalue weighted by molar-refractivity contribution is 0.0122. The Balaban J connectivity index is 2.06. The summed E-state index contributed by atoms with van der Waals surface area (Å²) in [4.78, 5) is 0. The molecule has 0 fully saturated rings. The first kappa shape index (κ1) is 15.2. The van der Waals surface area contributed by atoms with E-state index in [1.54, 1.807) is 0 Å². The molecule has 112 valence electrons. The highest BCUT2D eigenvalue weighted by atomic mass is 16.3. The van der Waals surface area contributed by atoms with Gasteiger partial charge in [0.1, 0.15) is 6.10 Å². The average Bonchev–Trinajstić information content (AvgIpc) is 2.51. The van der Waals surface area contributed by atoms with Crippen molar-refractivity contribution in [1.82, 2.24) is 0 Å². The van der Waals surface area contributed by atoms with Gasteiger partial charge < -0.3 is 25.5 Å². The van der Waals surface area contributed by atoms with Gasteiger partial charge in [0.25, 0.3) is 0 Å². The molecule has 0 aromatic heterocycles. The maximum atomic E-state index is 10.1. The number of hydrogen-bond acceptors (Lipinski definition) is 5. The smallest absolute Gasteiger partial charge is 0.200 e. The number of hydrogen-bond donors (Lipinski definition) is 5. The molecule has 2 atom stereocenters. The van der Waals surface area contributed by atoms with Crippen molar-refractivity contribution in [3.63, 3.8) is 0 Å². The van der Waals surface area contributed by atoms with Crippen LogP contribution in [0.25, 0.3) is 0 Å². The zero-order valence-electron chi connectivity index (χ0n) is 11.3. The van der Waals surface area contributed by atoms with Crippen LogP contribution in [-0.4, -0.2) is 31.6 Å². The van der Waals surface area contributed by atoms with E-state index in [1.807, 2.05) is 30.3 Å². The van der Waals surface area contributed by atoms with Gasteiger partial charge in [0.2, 0.25) is 5.75 Å². The maximum absolute atomic E-state index is 10.1. The molecule has 2 aromatic rings. The number of phenols is 3. The molecule has 0 heterocycles. The first-order valence-corrected chi connectivity index (χ1v) is 6.64. The third kappa shape index (κ3) is 3.45. The summed E-state index contributed by atoms with van der Waals surface area (Å²) in [7, 11) is 0. The van der Waals surface area contributed by atoms with Crippen LogP contribution in [0.4, 0.5) is 0 Å². The van der Waals surface area contributed by atoms with Crippen LogP contribution < -0.4 is 0 Å². The summed E-state index contributed by atoms with van der Waals surface area (Å²) in [6.45, 7) is 0. The van der Waals surface area contributed by atoms with Crippen molar-refractivity contribution >= 4 is 0 Å². The predicted octanol–water partition coefficient (Wildman–Crippen LogP) is 1.83. The van der Waals surface area contributed by atoms with Gasteiger partial charge in [-0.05, 0) is 30.5 Å². The minimum atomic E-state index is -1.35. The molecule has 2 aromatic carbocycles. The van der Waals surface area contributed by atoms with E-state index in [0.717, 1.165) is 11.6 Å². The zero-order valence-corrected chi connectivity index (χ0v) is 11.3. The fourth-order valence-corrected chi connectivity index (χ4v) is 2.15. The van der Waals surface area contributed by atoms with E-state index < -0.39 is 29.5 Å². The number of aliphatic hydroxyl groups excluding tert-OH is 2. The lowest BCUT2D eigenvalue weighted by Crippen LogP contribution is -2.19. The van der Waals surface area contributed by atoms with E-state index in [9.17, 15) is 25.5 Å². The Kier molecular flexibility index (Phi) is 4.67. The highest BCUT2D eigenvalue weighted by Crippen LogP contribution is 2.40. The van der Waals surface area contributed by atoms with Crippen LogP contribution >= 0.6 is 0 Å². The van der Waals surface area contributed by atoms with Gasteiger partial charge >= 0.3 is 0 Å². The Morgan fingerprint density at radius 1 is 0.810 bits per heavy atom. The van der Waals surface area contributed by atoms with Gasteiger partial charge in [0.15, 0.2) is 11.5 Å². The molecule has 0 saturated heterocycles. The minimum absolute atomic E-state index is 0.0224. The second-order valence-corrected chi connectivity index (χ2v) is 4.91. The van der Waals surface area contributed by atoms with Crippen molar-refractivity contribution < 1.29 is 25.5 Å². The third-order valence-electron chi connectivity index (χ3n) is 3.42. The molecule has 5 heteroatoms. The highest BCUT2D eigenvalue weighted by Gasteiger charge is 2.23. The molecule has 2 unspecified atom stereocenters. The van der Waals surface area contributed by atoms with Gasteiger partial charge in [0.05, 0.1) is 6.10 Å². The van der Waals surface area contributed by atoms with E-state index in [1.165, 1.54) is 6.07 Å². The SMILES string of the molecule is Oc1ccc(C(O)C(O)CCc2ccccc2)c(O)c1O. The summed E-state index contributed by atoms with van der Waals surface area (Å²) in [6, 6.07) is 11.9. The molecular weight excluding hydrogens is 272 g/mol. The van der Waals surface area contributed by atoms with Crippen molar-refractivity contribution in [2.45, 2.75) is 25.0 Å². The van der Waals surface area contributed by atoms with Crippen molar-refractivity contribution in [2.75, 3.05) is 0 Å². The summed E-state index contributed by atoms with van der Waals surface area (Å²) in [5.41, 5.74) is 1.01. The number of aliphatic hydroxyl groups is 2. The standard InChI is InChI=1S/C16H18O5/c17-12(8-6-10-4-2-1-3-5-10)14(19)11-7-9-13(18)16(21)15(11)20/h1-5,7,9,12,14,17-21H,6,8H2. The normalized spacial score (nSPS) is 13.8. The van der Waals surface area contributed by atoms with E-state index in [0.29, 0.717) is 12.8 Å². The fraction of sp³-hybridized carbons (Fsp3) is 0.250. The first-order valence-electron chi connectivity index (χ1n) is 6.64. The molecule has 0 spiro atoms. The van der Waals surface area contributed by atoms with E-state index in [4.69, 9.17) is 0 Å². The second-order valence-electron chi connectivity index (χ2n) is 4.91. The van der Waals surface area contributed by atoms with Crippen LogP contribution in [0.5, 0.6) is 17.2 Å². The van der Waals surface area contributed by atoms with Gasteiger partial charge in [0, 0.05) is 5.56 Å². The summed E-state index contributed by atoms with van der Waals surface area (Å²) < 4.78 is 0. The second kappa shape index (κ2) is 6.47. The zero-order chi connectivity index (χ0) is 15.4. The van der Waals surface area contributed by atoms with Crippen molar-refractivity contribution in [3.8, 4) is 17.2 Å². The van der Waals surface area contributed by atoms with E-state index in [-0.39, 0.29) is 5.56 Å². The molecule has 0 aliphatic carbocycles. The summed E-state index contributed by atoms with van der Waals surface area (Å²) in [5, 5.41) is 48.4. The number of aromatic hydroxyl groups is 3. The summed E-state index contributed by atoms with van der Waals surface area (Å²) >= 11 is 0. The Morgan fingerprint density at radius 2 is 1.48 bits per heavy atom. The van der Waals surface area contributed by atoms with Crippen molar-refractivity contribution in [2.24, 2.45) is 0 Å². The number of rotatable bonds is 5. The monoisotopic (exact) mass is 290 g/mol. The maximum Gasteiger partial charge on any atom is 0.200 e. The quantitative estimate of drug-likeness (QED) is 0.541. The number of phenolic OH excluding ortho intramolecular Hbond substituents is 3. The van der Waals surface area contributed by atoms with Crippen molar-refractivity contribution in [3.05, 3.63) is 53.6 Å². The van der Waals surface area contributed by atoms with Crippen LogP contribution in [0.2, 0.25) is 0 Å². The van der Waals surface area contributed by atoms with E-state index >= 15 is 0 Å². The van der Waals surface area contributed by atoms with Gasteiger partial charge in [-0.2, -0.15) is 0 Å². The molecule has 5 nitrogen and oxygen atoms in total. The largest absolute Gasteiger partial charge is 0.504 e. The Morgan fingerprint density at radius 3 is 2.14 bits per heavy atom. The lowest BCUT2D eigenvalue weighted by atomic mass is 9.97. The number of benzene rings is 2. The van der Waals surface area contributed by atoms with Gasteiger partial charge in [-0.15, -0.1) is 0 Å². The Labute approximate surface area is 122 Å². The molecule has 0 bridgehead atoms. The molecule has 0 amide bonds. The molecule has 0 aliphatic rings. The molecular formula is C16H18O5. The first-order chi connectivity index (χ1) is 10.0. The van der Waals surface area contributed by atoms with Crippen LogP contribution in [0, 0.1) is 0 Å². The van der Waals surface area contributed by atoms with Gasteiger partial charge in [-0.25, -0.2) is 0 Å². The number of aryl methyl sites for hydroxylation is 1. The molecule has 0 saturated carbocycles. The molecule has 5 N–H and O–H groups in total. The molecule has 2 rings (SSSR count). The highest BCUT2D eigenvalue weighted by molar-refractivity contribution is 5.53. The fourth-order valence-electron chi connectivity index (χ4n) is 2.15. The van der Waals surface area contributed by atoms with Crippen LogP contribution in [0.1, 0.15) is 23.7 Å². The van der Waals surface area contributed by atoms with Crippen LogP contribution in [0.15, 0.2) is 42.5 Å². The molecule has 0 radical (unpaired) electrons. The summed E-state index contributed by atoms with van der Waals surface area (Å²) in [5.74, 6) is -1.81. The Hall–Kier alpha value is -2.24. The van der Waals surface area contributed by atoms with Crippen LogP contribution in [-0.2, 0) is 6.42 Å². The molecule has 21 heavy (non-hydrogen) atoms. The molecule has 0 aliphatic heterocycles. The topological polar surface area (TPSA) is 101 Å². The average molecular weight is 290 g/mol. The van der Waals surface area contributed by atoms with Crippen LogP contribution in [0.3, 0.4) is 0 Å². The third-order valence-corrected chi connectivity index (χ3v) is 3.42. The van der Waals surface area contributed by atoms with Crippen molar-refractivity contribution in [1.29, 1.82) is 0 Å². The lowest BCUT2D eigenvalue weighted by Gasteiger charge is -2.19. The van der Waals surface area contributed by atoms with Gasteiger partial charge in [-0.3, -0.25) is 0 Å². The predicted molar refractivity (Wildman–Crippen MR) is 77.2 cm³/mol. The Bertz CT molecular complexity index is 597. The van der Waals surface area contributed by atoms with Gasteiger partial charge in [-0.1, -0.05) is 30.3 Å². The summed E-state index contributed by atoms with van der Waals surface area (Å²) in [6.07, 6.45) is -1.57.